The number of benzene rings is 1. The van der Waals surface area contributed by atoms with Crippen LogP contribution in [0, 0.1) is 5.82 Å². The van der Waals surface area contributed by atoms with Gasteiger partial charge in [-0.2, -0.15) is 0 Å². The number of aromatic nitrogens is 6. The summed E-state index contributed by atoms with van der Waals surface area (Å²) >= 11 is 0. The van der Waals surface area contributed by atoms with Gasteiger partial charge in [0.15, 0.2) is 17.0 Å². The number of hydrogen-bond acceptors (Lipinski definition) is 7. The van der Waals surface area contributed by atoms with Gasteiger partial charge in [-0.05, 0) is 51.2 Å². The molecule has 4 aromatic rings. The molecule has 2 aliphatic rings. The second kappa shape index (κ2) is 8.01. The lowest BCUT2D eigenvalue weighted by atomic mass is 10.1. The second-order valence-electron chi connectivity index (χ2n) is 8.90. The van der Waals surface area contributed by atoms with Crippen LogP contribution in [0.1, 0.15) is 73.5 Å². The molecule has 11 heteroatoms. The van der Waals surface area contributed by atoms with Gasteiger partial charge in [0, 0.05) is 12.6 Å². The number of aromatic carboxylic acids is 1. The summed E-state index contributed by atoms with van der Waals surface area (Å²) in [5, 5.41) is 13.0. The van der Waals surface area contributed by atoms with Crippen LogP contribution in [0.5, 0.6) is 0 Å². The molecule has 34 heavy (non-hydrogen) atoms. The number of rotatable bonds is 6. The number of carboxylic acid groups (broad SMARTS) is 1. The van der Waals surface area contributed by atoms with E-state index < -0.39 is 11.8 Å². The molecule has 4 heterocycles. The summed E-state index contributed by atoms with van der Waals surface area (Å²) in [5.74, 6) is -0.884. The molecule has 0 spiro atoms. The van der Waals surface area contributed by atoms with Crippen molar-refractivity contribution in [3.05, 3.63) is 42.0 Å². The first-order chi connectivity index (χ1) is 16.5. The van der Waals surface area contributed by atoms with Gasteiger partial charge in [-0.1, -0.05) is 0 Å². The molecule has 1 aliphatic heterocycles. The lowest BCUT2D eigenvalue weighted by molar-refractivity contribution is -0.0298. The Labute approximate surface area is 193 Å². The van der Waals surface area contributed by atoms with Crippen molar-refractivity contribution in [1.82, 2.24) is 29.1 Å². The van der Waals surface area contributed by atoms with Crippen molar-refractivity contribution >= 4 is 34.0 Å². The quantitative estimate of drug-likeness (QED) is 0.434. The first-order valence-corrected chi connectivity index (χ1v) is 11.5. The average Bonchev–Trinajstić information content (AvgIpc) is 3.45. The third-order valence-corrected chi connectivity index (χ3v) is 6.52. The van der Waals surface area contributed by atoms with Gasteiger partial charge in [0.25, 0.3) is 0 Å². The Morgan fingerprint density at radius 3 is 2.82 bits per heavy atom. The third kappa shape index (κ3) is 3.38. The zero-order valence-corrected chi connectivity index (χ0v) is 18.6. The van der Waals surface area contributed by atoms with Crippen LogP contribution >= 0.6 is 0 Å². The summed E-state index contributed by atoms with van der Waals surface area (Å²) in [5.41, 5.74) is 1.74. The van der Waals surface area contributed by atoms with Gasteiger partial charge in [0.1, 0.15) is 29.8 Å². The van der Waals surface area contributed by atoms with E-state index in [0.717, 1.165) is 38.2 Å². The first kappa shape index (κ1) is 21.0. The predicted molar refractivity (Wildman–Crippen MR) is 121 cm³/mol. The van der Waals surface area contributed by atoms with Gasteiger partial charge in [0.2, 0.25) is 0 Å². The Morgan fingerprint density at radius 1 is 1.24 bits per heavy atom. The molecule has 0 bridgehead atoms. The van der Waals surface area contributed by atoms with Gasteiger partial charge < -0.3 is 19.7 Å². The lowest BCUT2D eigenvalue weighted by Gasteiger charge is -2.23. The number of nitrogens with zero attached hydrogens (tertiary/aromatic N) is 6. The van der Waals surface area contributed by atoms with Crippen molar-refractivity contribution in [1.29, 1.82) is 0 Å². The van der Waals surface area contributed by atoms with Crippen molar-refractivity contribution in [2.75, 3.05) is 11.9 Å². The highest BCUT2D eigenvalue weighted by molar-refractivity contribution is 6.01. The number of fused-ring (bicyclic) bond motifs is 2. The van der Waals surface area contributed by atoms with E-state index in [4.69, 9.17) is 9.72 Å². The largest absolute Gasteiger partial charge is 0.478 e. The molecule has 3 aromatic heterocycles. The van der Waals surface area contributed by atoms with E-state index in [0.29, 0.717) is 40.4 Å². The van der Waals surface area contributed by atoms with Crippen LogP contribution in [0.25, 0.3) is 22.2 Å². The molecule has 1 unspecified atom stereocenters. The maximum absolute atomic E-state index is 14.4. The van der Waals surface area contributed by atoms with Gasteiger partial charge in [-0.25, -0.2) is 29.1 Å². The van der Waals surface area contributed by atoms with Crippen molar-refractivity contribution in [3.8, 4) is 0 Å². The van der Waals surface area contributed by atoms with Crippen LogP contribution in [0.3, 0.4) is 0 Å². The Bertz CT molecular complexity index is 1400. The minimum absolute atomic E-state index is 0.0947. The number of halogens is 1. The summed E-state index contributed by atoms with van der Waals surface area (Å²) in [7, 11) is 0. The van der Waals surface area contributed by atoms with Crippen molar-refractivity contribution < 1.29 is 19.0 Å². The van der Waals surface area contributed by atoms with Crippen LogP contribution in [0.15, 0.2) is 24.8 Å². The minimum atomic E-state index is -1.30. The highest BCUT2D eigenvalue weighted by Gasteiger charge is 2.33. The number of imidazole rings is 2. The minimum Gasteiger partial charge on any atom is -0.478 e. The molecule has 1 saturated carbocycles. The Hall–Kier alpha value is -3.60. The van der Waals surface area contributed by atoms with E-state index >= 15 is 0 Å². The number of ether oxygens (including phenoxy) is 1. The number of anilines is 1. The highest BCUT2D eigenvalue weighted by Crippen LogP contribution is 2.41. The van der Waals surface area contributed by atoms with E-state index in [-0.39, 0.29) is 23.9 Å². The third-order valence-electron chi connectivity index (χ3n) is 6.52. The summed E-state index contributed by atoms with van der Waals surface area (Å²) in [6.45, 7) is 2.64. The van der Waals surface area contributed by atoms with Gasteiger partial charge >= 0.3 is 5.97 Å². The molecule has 1 aliphatic carbocycles. The van der Waals surface area contributed by atoms with Gasteiger partial charge in [0.05, 0.1) is 23.4 Å². The van der Waals surface area contributed by atoms with Crippen molar-refractivity contribution in [3.63, 3.8) is 0 Å². The topological polar surface area (TPSA) is 120 Å². The van der Waals surface area contributed by atoms with E-state index in [1.165, 1.54) is 12.4 Å². The maximum atomic E-state index is 14.4. The van der Waals surface area contributed by atoms with E-state index in [1.54, 1.807) is 6.33 Å². The number of carboxylic acids is 1. The van der Waals surface area contributed by atoms with E-state index in [9.17, 15) is 14.3 Å². The molecule has 10 nitrogen and oxygen atoms in total. The fraction of sp³-hybridized carbons (Fsp3) is 0.435. The summed E-state index contributed by atoms with van der Waals surface area (Å²) in [4.78, 5) is 29.9. The Balaban J connectivity index is 1.39. The fourth-order valence-electron chi connectivity index (χ4n) is 4.77. The highest BCUT2D eigenvalue weighted by atomic mass is 19.1. The number of hydrogen-bond donors (Lipinski definition) is 2. The van der Waals surface area contributed by atoms with Gasteiger partial charge in [-0.3, -0.25) is 4.57 Å². The molecule has 0 amide bonds. The number of carbonyl (C=O) groups is 1. The number of nitrogens with one attached hydrogen (secondary N) is 1. The van der Waals surface area contributed by atoms with Crippen LogP contribution in [-0.2, 0) is 4.74 Å². The average molecular weight is 465 g/mol. The normalized spacial score (nSPS) is 19.5. The molecule has 2 atom stereocenters. The molecule has 2 N–H and O–H groups in total. The zero-order valence-electron chi connectivity index (χ0n) is 18.6. The smallest absolute Gasteiger partial charge is 0.340 e. The fourth-order valence-corrected chi connectivity index (χ4v) is 4.77. The second-order valence-corrected chi connectivity index (χ2v) is 8.90. The van der Waals surface area contributed by atoms with Gasteiger partial charge in [-0.15, -0.1) is 0 Å². The van der Waals surface area contributed by atoms with Crippen LogP contribution in [0.4, 0.5) is 10.2 Å². The first-order valence-electron chi connectivity index (χ1n) is 11.5. The standard InChI is InChI=1S/C23H24FN7O3/c1-12(21-29-15-8-7-14(24)17(23(32)33)19(15)31(21)13-5-6-13)28-20-18-22(26-10-25-20)30(11-27-18)16-4-2-3-9-34-16/h7-8,10-13,16H,2-6,9H2,1H3,(H,32,33)(H,25,26,28)/t12?,16-/m0/s1. The molecule has 176 valence electrons. The molecule has 6 rings (SSSR count). The van der Waals surface area contributed by atoms with Crippen molar-refractivity contribution in [2.24, 2.45) is 0 Å². The Morgan fingerprint density at radius 2 is 2.09 bits per heavy atom. The summed E-state index contributed by atoms with van der Waals surface area (Å²) in [6, 6.07) is 2.44. The molecule has 1 saturated heterocycles. The van der Waals surface area contributed by atoms with Crippen LogP contribution < -0.4 is 5.32 Å². The summed E-state index contributed by atoms with van der Waals surface area (Å²) in [6.07, 6.45) is 7.96. The molecular formula is C23H24FN7O3. The zero-order chi connectivity index (χ0) is 23.4. The summed E-state index contributed by atoms with van der Waals surface area (Å²) < 4.78 is 24.1. The SMILES string of the molecule is CC(Nc1ncnc2c1ncn2[C@@H]1CCCCO1)c1nc2ccc(F)c(C(=O)O)c2n1C1CC1. The molecular weight excluding hydrogens is 441 g/mol. The molecule has 1 aromatic carbocycles. The molecule has 2 fully saturated rings. The maximum Gasteiger partial charge on any atom is 0.340 e. The Kier molecular flexibility index (Phi) is 4.94. The monoisotopic (exact) mass is 465 g/mol. The predicted octanol–water partition coefficient (Wildman–Crippen LogP) is 4.22. The van der Waals surface area contributed by atoms with E-state index in [2.05, 4.69) is 20.3 Å². The molecule has 0 radical (unpaired) electrons. The van der Waals surface area contributed by atoms with E-state index in [1.807, 2.05) is 16.1 Å². The van der Waals surface area contributed by atoms with Crippen molar-refractivity contribution in [2.45, 2.75) is 57.3 Å². The van der Waals surface area contributed by atoms with Crippen LogP contribution in [-0.4, -0.2) is 46.8 Å². The lowest BCUT2D eigenvalue weighted by Crippen LogP contribution is -2.18. The van der Waals surface area contributed by atoms with Crippen LogP contribution in [0.2, 0.25) is 0 Å².